The lowest BCUT2D eigenvalue weighted by Crippen LogP contribution is -2.30. The molecule has 42 heavy (non-hydrogen) atoms. The number of anilines is 2. The van der Waals surface area contributed by atoms with E-state index in [4.69, 9.17) is 0 Å². The molecule has 210 valence electrons. The van der Waals surface area contributed by atoms with Crippen molar-refractivity contribution in [2.45, 2.75) is 11.8 Å². The van der Waals surface area contributed by atoms with Gasteiger partial charge in [-0.05, 0) is 84.8 Å². The summed E-state index contributed by atoms with van der Waals surface area (Å²) < 4.78 is 1.88. The number of aryl methyl sites for hydroxylation is 1. The van der Waals surface area contributed by atoms with Crippen LogP contribution in [0.1, 0.15) is 21.5 Å². The molecule has 0 aliphatic heterocycles. The Morgan fingerprint density at radius 3 is 2.45 bits per heavy atom. The highest BCUT2D eigenvalue weighted by Crippen LogP contribution is 2.27. The lowest BCUT2D eigenvalue weighted by atomic mass is 10.1. The van der Waals surface area contributed by atoms with Gasteiger partial charge in [0.15, 0.2) is 5.13 Å². The molecule has 7 nitrogen and oxygen atoms in total. The van der Waals surface area contributed by atoms with Gasteiger partial charge in [0.25, 0.3) is 11.8 Å². The fourth-order valence-electron chi connectivity index (χ4n) is 3.93. The van der Waals surface area contributed by atoms with Crippen LogP contribution in [0.25, 0.3) is 16.3 Å². The van der Waals surface area contributed by atoms with Gasteiger partial charge < -0.3 is 16.0 Å². The summed E-state index contributed by atoms with van der Waals surface area (Å²) in [5.41, 5.74) is 3.84. The van der Waals surface area contributed by atoms with Crippen molar-refractivity contribution >= 4 is 83.9 Å². The second-order valence-corrected chi connectivity index (χ2v) is 12.2. The highest BCUT2D eigenvalue weighted by Gasteiger charge is 2.15. The molecular formula is C32H25BrN4O3S2. The zero-order chi connectivity index (χ0) is 29.5. The minimum atomic E-state index is -0.468. The predicted octanol–water partition coefficient (Wildman–Crippen LogP) is 7.51. The number of nitrogens with zero attached hydrogens (tertiary/aromatic N) is 1. The number of hydrogen-bond donors (Lipinski definition) is 3. The zero-order valence-corrected chi connectivity index (χ0v) is 25.6. The number of hydrogen-bond acceptors (Lipinski definition) is 6. The molecule has 10 heteroatoms. The summed E-state index contributed by atoms with van der Waals surface area (Å²) in [7, 11) is 0. The number of thioether (sulfide) groups is 1. The van der Waals surface area contributed by atoms with Crippen molar-refractivity contribution in [3.63, 3.8) is 0 Å². The van der Waals surface area contributed by atoms with Crippen molar-refractivity contribution in [1.29, 1.82) is 0 Å². The largest absolute Gasteiger partial charge is 0.321 e. The fraction of sp³-hybridized carbons (Fsp3) is 0.0625. The van der Waals surface area contributed by atoms with E-state index in [0.717, 1.165) is 30.7 Å². The van der Waals surface area contributed by atoms with Gasteiger partial charge in [-0.2, -0.15) is 0 Å². The molecule has 4 aromatic carbocycles. The van der Waals surface area contributed by atoms with Crippen LogP contribution in [0, 0.1) is 6.92 Å². The van der Waals surface area contributed by atoms with Gasteiger partial charge in [0, 0.05) is 20.6 Å². The minimum Gasteiger partial charge on any atom is -0.321 e. The molecule has 3 amide bonds. The Labute approximate surface area is 259 Å². The second-order valence-electron chi connectivity index (χ2n) is 9.24. The van der Waals surface area contributed by atoms with Crippen molar-refractivity contribution in [1.82, 2.24) is 10.3 Å². The predicted molar refractivity (Wildman–Crippen MR) is 175 cm³/mol. The van der Waals surface area contributed by atoms with E-state index < -0.39 is 11.8 Å². The van der Waals surface area contributed by atoms with Crippen molar-refractivity contribution < 1.29 is 14.4 Å². The average molecular weight is 658 g/mol. The number of carbonyl (C=O) groups excluding carboxylic acids is 3. The van der Waals surface area contributed by atoms with E-state index in [9.17, 15) is 14.4 Å². The number of fused-ring (bicyclic) bond motifs is 1. The number of amides is 3. The van der Waals surface area contributed by atoms with Crippen molar-refractivity contribution in [3.05, 3.63) is 124 Å². The quantitative estimate of drug-likeness (QED) is 0.113. The van der Waals surface area contributed by atoms with Gasteiger partial charge >= 0.3 is 0 Å². The van der Waals surface area contributed by atoms with Gasteiger partial charge in [-0.15, -0.1) is 11.8 Å². The maximum absolute atomic E-state index is 13.3. The molecule has 5 aromatic rings. The average Bonchev–Trinajstić information content (AvgIpc) is 3.38. The third-order valence-electron chi connectivity index (χ3n) is 5.96. The number of thiazole rings is 1. The van der Waals surface area contributed by atoms with Gasteiger partial charge in [-0.1, -0.05) is 63.7 Å². The number of carbonyl (C=O) groups is 3. The number of rotatable bonds is 9. The summed E-state index contributed by atoms with van der Waals surface area (Å²) in [6.07, 6.45) is 1.62. The van der Waals surface area contributed by atoms with Crippen LogP contribution < -0.4 is 16.0 Å². The number of benzene rings is 4. The third-order valence-corrected chi connectivity index (χ3v) is 8.40. The topological polar surface area (TPSA) is 100 Å². The zero-order valence-electron chi connectivity index (χ0n) is 22.4. The number of aromatic nitrogens is 1. The van der Waals surface area contributed by atoms with Crippen LogP contribution in [0.5, 0.6) is 0 Å². The van der Waals surface area contributed by atoms with Gasteiger partial charge in [-0.25, -0.2) is 4.98 Å². The first-order chi connectivity index (χ1) is 20.3. The summed E-state index contributed by atoms with van der Waals surface area (Å²) in [4.78, 5) is 43.9. The molecule has 0 bridgehead atoms. The summed E-state index contributed by atoms with van der Waals surface area (Å²) in [6.45, 7) is 2.02. The van der Waals surface area contributed by atoms with Gasteiger partial charge in [0.05, 0.1) is 16.0 Å². The maximum Gasteiger partial charge on any atom is 0.272 e. The van der Waals surface area contributed by atoms with Crippen LogP contribution in [0.3, 0.4) is 0 Å². The normalized spacial score (nSPS) is 11.2. The van der Waals surface area contributed by atoms with Crippen LogP contribution in [-0.2, 0) is 9.59 Å². The van der Waals surface area contributed by atoms with E-state index in [1.54, 1.807) is 42.5 Å². The fourth-order valence-corrected chi connectivity index (χ4v) is 6.02. The highest BCUT2D eigenvalue weighted by molar-refractivity contribution is 9.10. The molecule has 0 aliphatic rings. The molecule has 1 aromatic heterocycles. The smallest absolute Gasteiger partial charge is 0.272 e. The maximum atomic E-state index is 13.3. The Hall–Kier alpha value is -4.25. The molecule has 0 radical (unpaired) electrons. The third kappa shape index (κ3) is 7.94. The second kappa shape index (κ2) is 13.6. The van der Waals surface area contributed by atoms with Crippen LogP contribution in [0.15, 0.2) is 112 Å². The highest BCUT2D eigenvalue weighted by atomic mass is 79.9. The standard InChI is InChI=1S/C32H25BrN4O3S2/c1-20-10-15-26-28(16-20)42-32(36-26)37-29(38)19-41-25-13-11-24(12-14-25)34-31(40)27(18-21-6-5-9-23(33)17-21)35-30(39)22-7-3-2-4-8-22/h2-18H,19H2,1H3,(H,34,40)(H,35,39)(H,36,37,38)/b27-18-. The molecule has 1 heterocycles. The van der Waals surface area contributed by atoms with Gasteiger partial charge in [0.2, 0.25) is 5.91 Å². The summed E-state index contributed by atoms with van der Waals surface area (Å²) in [5, 5.41) is 9.03. The Balaban J connectivity index is 1.21. The molecule has 0 unspecified atom stereocenters. The van der Waals surface area contributed by atoms with Gasteiger partial charge in [-0.3, -0.25) is 14.4 Å². The Morgan fingerprint density at radius 1 is 0.905 bits per heavy atom. The first kappa shape index (κ1) is 29.2. The van der Waals surface area contributed by atoms with E-state index in [2.05, 4.69) is 42.9 Å². The minimum absolute atomic E-state index is 0.0992. The SMILES string of the molecule is Cc1ccc2nc(NC(=O)CSc3ccc(NC(=O)/C(=C/c4cccc(Br)c4)NC(=O)c4ccccc4)cc3)sc2c1. The molecule has 0 saturated carbocycles. The van der Waals surface area contributed by atoms with Crippen LogP contribution >= 0.6 is 39.0 Å². The van der Waals surface area contributed by atoms with Crippen LogP contribution in [0.2, 0.25) is 0 Å². The number of halogens is 1. The van der Waals surface area contributed by atoms with Gasteiger partial charge in [0.1, 0.15) is 5.70 Å². The van der Waals surface area contributed by atoms with Crippen LogP contribution in [-0.4, -0.2) is 28.5 Å². The van der Waals surface area contributed by atoms with Crippen molar-refractivity contribution in [2.24, 2.45) is 0 Å². The summed E-state index contributed by atoms with van der Waals surface area (Å²) >= 11 is 6.27. The molecule has 0 fully saturated rings. The molecule has 3 N–H and O–H groups in total. The van der Waals surface area contributed by atoms with Crippen molar-refractivity contribution in [3.8, 4) is 0 Å². The monoisotopic (exact) mass is 656 g/mol. The molecule has 5 rings (SSSR count). The molecule has 0 atom stereocenters. The van der Waals surface area contributed by atoms with E-state index in [1.165, 1.54) is 23.1 Å². The number of nitrogens with one attached hydrogen (secondary N) is 3. The van der Waals surface area contributed by atoms with E-state index >= 15 is 0 Å². The first-order valence-corrected chi connectivity index (χ1v) is 15.5. The first-order valence-electron chi connectivity index (χ1n) is 12.9. The lowest BCUT2D eigenvalue weighted by Gasteiger charge is -2.12. The molecule has 0 aliphatic carbocycles. The lowest BCUT2D eigenvalue weighted by molar-refractivity contribution is -0.114. The Kier molecular flexibility index (Phi) is 9.48. The Morgan fingerprint density at radius 2 is 1.69 bits per heavy atom. The van der Waals surface area contributed by atoms with E-state index in [-0.39, 0.29) is 17.4 Å². The van der Waals surface area contributed by atoms with Crippen molar-refractivity contribution in [2.75, 3.05) is 16.4 Å². The molecule has 0 saturated heterocycles. The molecular weight excluding hydrogens is 632 g/mol. The summed E-state index contributed by atoms with van der Waals surface area (Å²) in [5.74, 6) is -0.793. The molecule has 0 spiro atoms. The summed E-state index contributed by atoms with van der Waals surface area (Å²) in [6, 6.07) is 29.3. The Bertz CT molecular complexity index is 1790. The van der Waals surface area contributed by atoms with E-state index in [1.807, 2.05) is 61.5 Å². The van der Waals surface area contributed by atoms with Crippen LogP contribution in [0.4, 0.5) is 10.8 Å². The van der Waals surface area contributed by atoms with E-state index in [0.29, 0.717) is 16.4 Å².